The summed E-state index contributed by atoms with van der Waals surface area (Å²) in [4.78, 5) is 44.8. The molecule has 1 amide bonds. The molecule has 0 aliphatic heterocycles. The average molecular weight is 655 g/mol. The largest absolute Gasteiger partial charge is 0.471 e. The maximum atomic E-state index is 12.3. The molecule has 15 nitrogen and oxygen atoms in total. The van der Waals surface area contributed by atoms with Gasteiger partial charge in [0.05, 0.1) is 19.4 Å². The van der Waals surface area contributed by atoms with Gasteiger partial charge in [-0.3, -0.25) is 4.79 Å². The number of carbonyl (C=O) groups excluding carboxylic acids is 2. The predicted molar refractivity (Wildman–Crippen MR) is 175 cm³/mol. The average Bonchev–Trinajstić information content (AvgIpc) is 3.82. The lowest BCUT2D eigenvalue weighted by molar-refractivity contribution is -0.149. The van der Waals surface area contributed by atoms with Crippen LogP contribution < -0.4 is 20.7 Å². The number of imidazole rings is 1. The molecule has 15 heteroatoms. The number of carbonyl (C=O) groups is 2. The number of fused-ring (bicyclic) bond motifs is 1. The van der Waals surface area contributed by atoms with Crippen LogP contribution in [0.3, 0.4) is 0 Å². The number of ether oxygens (including phenoxy) is 3. The standard InChI is InChI=1S/C33H34N8O7/c1-33(2,3)48-30(42)23(35-4)16-22-10-11-24(46-22)25-12-13-26(47-25)41(5)14-15-44-32(43)36-17-20-6-8-21(9-7-20)18-45-29-27-28(38-19-37-27)39-31(34)40-29/h6-13,16,19H,14-15,17-18H2,1-3,5H3,(H,36,43)(H3,34,37,38,39,40)/b23-16-. The quantitative estimate of drug-likeness (QED) is 0.0892. The van der Waals surface area contributed by atoms with E-state index in [9.17, 15) is 9.59 Å². The zero-order chi connectivity index (χ0) is 34.3. The van der Waals surface area contributed by atoms with Crippen LogP contribution in [0.15, 0.2) is 69.4 Å². The first-order chi connectivity index (χ1) is 23.0. The van der Waals surface area contributed by atoms with Crippen molar-refractivity contribution in [1.29, 1.82) is 0 Å². The lowest BCUT2D eigenvalue weighted by Gasteiger charge is -2.19. The van der Waals surface area contributed by atoms with Crippen molar-refractivity contribution >= 4 is 41.1 Å². The molecular weight excluding hydrogens is 620 g/mol. The number of hydrogen-bond acceptors (Lipinski definition) is 12. The number of likely N-dealkylation sites (N-methyl/N-ethyl adjacent to an activating group) is 1. The van der Waals surface area contributed by atoms with Crippen LogP contribution >= 0.6 is 0 Å². The molecule has 0 aliphatic rings. The number of aromatic nitrogens is 4. The topological polar surface area (TPSA) is 188 Å². The van der Waals surface area contributed by atoms with E-state index in [2.05, 4.69) is 30.1 Å². The van der Waals surface area contributed by atoms with Gasteiger partial charge >= 0.3 is 12.1 Å². The summed E-state index contributed by atoms with van der Waals surface area (Å²) in [7, 11) is 1.80. The van der Waals surface area contributed by atoms with Gasteiger partial charge in [0, 0.05) is 19.7 Å². The highest BCUT2D eigenvalue weighted by Gasteiger charge is 2.21. The van der Waals surface area contributed by atoms with Crippen LogP contribution in [0.25, 0.3) is 33.6 Å². The number of H-pyrrole nitrogens is 1. The third-order valence-electron chi connectivity index (χ3n) is 6.61. The van der Waals surface area contributed by atoms with Gasteiger partial charge in [-0.15, -0.1) is 0 Å². The highest BCUT2D eigenvalue weighted by atomic mass is 16.6. The van der Waals surface area contributed by atoms with Gasteiger partial charge in [-0.25, -0.2) is 14.6 Å². The number of aromatic amines is 1. The first-order valence-corrected chi connectivity index (χ1v) is 14.8. The molecule has 4 aromatic heterocycles. The SMILES string of the molecule is [C-]#[N+]/C(=C\c1ccc(-c2ccc(N(C)CCOC(=O)NCc3ccc(COc4nc(N)nc5nc[nH]c45)cc3)o2)o1)C(=O)OC(C)(C)C. The van der Waals surface area contributed by atoms with Crippen molar-refractivity contribution in [2.75, 3.05) is 30.8 Å². The third-order valence-corrected chi connectivity index (χ3v) is 6.61. The lowest BCUT2D eigenvalue weighted by atomic mass is 10.1. The number of rotatable bonds is 12. The molecule has 1 aromatic carbocycles. The fourth-order valence-electron chi connectivity index (χ4n) is 4.27. The van der Waals surface area contributed by atoms with Crippen molar-refractivity contribution in [3.63, 3.8) is 0 Å². The molecule has 0 bridgehead atoms. The summed E-state index contributed by atoms with van der Waals surface area (Å²) >= 11 is 0. The first kappa shape index (κ1) is 33.1. The van der Waals surface area contributed by atoms with E-state index in [-0.39, 0.29) is 31.4 Å². The molecule has 0 radical (unpaired) electrons. The Kier molecular flexibility index (Phi) is 9.94. The Labute approximate surface area is 275 Å². The van der Waals surface area contributed by atoms with Crippen LogP contribution in [0.4, 0.5) is 16.6 Å². The predicted octanol–water partition coefficient (Wildman–Crippen LogP) is 5.33. The second kappa shape index (κ2) is 14.4. The molecular formula is C33H34N8O7. The first-order valence-electron chi connectivity index (χ1n) is 14.8. The molecule has 0 saturated heterocycles. The fourth-order valence-corrected chi connectivity index (χ4v) is 4.27. The van der Waals surface area contributed by atoms with Crippen molar-refractivity contribution in [3.05, 3.63) is 88.9 Å². The zero-order valence-corrected chi connectivity index (χ0v) is 26.8. The van der Waals surface area contributed by atoms with Crippen molar-refractivity contribution in [3.8, 4) is 17.4 Å². The summed E-state index contributed by atoms with van der Waals surface area (Å²) < 4.78 is 28.1. The summed E-state index contributed by atoms with van der Waals surface area (Å²) in [6.07, 6.45) is 2.27. The van der Waals surface area contributed by atoms with Crippen LogP contribution in [0.1, 0.15) is 37.7 Å². The number of nitrogens with two attached hydrogens (primary N) is 1. The Morgan fingerprint density at radius 3 is 2.54 bits per heavy atom. The number of anilines is 2. The number of nitrogens with one attached hydrogen (secondary N) is 2. The smallest absolute Gasteiger partial charge is 0.407 e. The normalized spacial score (nSPS) is 11.6. The fraction of sp³-hybridized carbons (Fsp3) is 0.273. The second-order valence-electron chi connectivity index (χ2n) is 11.5. The van der Waals surface area contributed by atoms with Crippen molar-refractivity contribution in [2.45, 2.75) is 39.5 Å². The van der Waals surface area contributed by atoms with Gasteiger partial charge in [-0.2, -0.15) is 9.97 Å². The molecule has 0 saturated carbocycles. The minimum absolute atomic E-state index is 0.0740. The Morgan fingerprint density at radius 2 is 1.79 bits per heavy atom. The van der Waals surface area contributed by atoms with Gasteiger partial charge in [-0.1, -0.05) is 24.3 Å². The molecule has 248 valence electrons. The van der Waals surface area contributed by atoms with Crippen LogP contribution in [0.2, 0.25) is 0 Å². The van der Waals surface area contributed by atoms with E-state index in [4.69, 9.17) is 35.4 Å². The second-order valence-corrected chi connectivity index (χ2v) is 11.5. The van der Waals surface area contributed by atoms with E-state index in [0.717, 1.165) is 11.1 Å². The zero-order valence-electron chi connectivity index (χ0n) is 26.8. The monoisotopic (exact) mass is 654 g/mol. The van der Waals surface area contributed by atoms with Crippen molar-refractivity contribution in [1.82, 2.24) is 25.3 Å². The van der Waals surface area contributed by atoms with E-state index in [1.54, 1.807) is 57.0 Å². The van der Waals surface area contributed by atoms with Crippen LogP contribution in [0.5, 0.6) is 5.88 Å². The molecule has 5 rings (SSSR count). The maximum absolute atomic E-state index is 12.3. The van der Waals surface area contributed by atoms with Crippen LogP contribution in [0, 0.1) is 6.57 Å². The molecule has 0 aliphatic carbocycles. The highest BCUT2D eigenvalue weighted by molar-refractivity contribution is 5.95. The van der Waals surface area contributed by atoms with Gasteiger partial charge < -0.3 is 44.0 Å². The number of nitrogen functional groups attached to an aromatic ring is 1. The van der Waals surface area contributed by atoms with Crippen LogP contribution in [-0.2, 0) is 27.4 Å². The molecule has 48 heavy (non-hydrogen) atoms. The van der Waals surface area contributed by atoms with E-state index in [0.29, 0.717) is 46.8 Å². The molecule has 0 fully saturated rings. The Bertz CT molecular complexity index is 1960. The lowest BCUT2D eigenvalue weighted by Crippen LogP contribution is -2.28. The van der Waals surface area contributed by atoms with Gasteiger partial charge in [-0.05, 0) is 56.2 Å². The molecule has 5 aromatic rings. The third kappa shape index (κ3) is 8.69. The molecule has 0 unspecified atom stereocenters. The summed E-state index contributed by atoms with van der Waals surface area (Å²) in [5.41, 5.74) is 7.57. The number of benzene rings is 1. The minimum atomic E-state index is -0.729. The highest BCUT2D eigenvalue weighted by Crippen LogP contribution is 2.29. The van der Waals surface area contributed by atoms with Crippen LogP contribution in [-0.4, -0.2) is 57.8 Å². The number of furan rings is 2. The maximum Gasteiger partial charge on any atom is 0.407 e. The molecule has 4 N–H and O–H groups in total. The van der Waals surface area contributed by atoms with Gasteiger partial charge in [0.2, 0.25) is 11.8 Å². The number of alkyl carbamates (subject to hydrolysis) is 1. The Morgan fingerprint density at radius 1 is 1.06 bits per heavy atom. The number of esters is 1. The summed E-state index contributed by atoms with van der Waals surface area (Å²) in [6, 6.07) is 14.3. The minimum Gasteiger partial charge on any atom is -0.471 e. The van der Waals surface area contributed by atoms with Crippen molar-refractivity contribution < 1.29 is 32.6 Å². The Hall–Kier alpha value is -6.30. The van der Waals surface area contributed by atoms with E-state index in [1.807, 2.05) is 24.3 Å². The van der Waals surface area contributed by atoms with Gasteiger partial charge in [0.15, 0.2) is 23.1 Å². The molecule has 4 heterocycles. The van der Waals surface area contributed by atoms with E-state index >= 15 is 0 Å². The number of nitrogens with zero attached hydrogens (tertiary/aromatic N) is 5. The van der Waals surface area contributed by atoms with E-state index < -0.39 is 17.7 Å². The van der Waals surface area contributed by atoms with Crippen molar-refractivity contribution in [2.24, 2.45) is 0 Å². The number of amides is 1. The summed E-state index contributed by atoms with van der Waals surface area (Å²) in [5.74, 6) is 1.35. The summed E-state index contributed by atoms with van der Waals surface area (Å²) in [5, 5.41) is 2.74. The van der Waals surface area contributed by atoms with Gasteiger partial charge in [0.1, 0.15) is 30.1 Å². The summed E-state index contributed by atoms with van der Waals surface area (Å²) in [6.45, 7) is 13.5. The number of hydrogen-bond donors (Lipinski definition) is 3. The van der Waals surface area contributed by atoms with E-state index in [1.165, 1.54) is 12.4 Å². The van der Waals surface area contributed by atoms with Gasteiger partial charge in [0.25, 0.3) is 5.70 Å². The molecule has 0 spiro atoms. The Balaban J connectivity index is 1.04. The molecule has 0 atom stereocenters.